The predicted molar refractivity (Wildman–Crippen MR) is 103 cm³/mol. The molecule has 134 valence electrons. The van der Waals surface area contributed by atoms with Crippen molar-refractivity contribution in [3.63, 3.8) is 0 Å². The van der Waals surface area contributed by atoms with Crippen molar-refractivity contribution in [2.75, 3.05) is 25.5 Å². The summed E-state index contributed by atoms with van der Waals surface area (Å²) in [5, 5.41) is 7.56. The molecule has 26 heavy (non-hydrogen) atoms. The second-order valence-electron chi connectivity index (χ2n) is 6.34. The van der Waals surface area contributed by atoms with E-state index >= 15 is 0 Å². The molecule has 0 radical (unpaired) electrons. The number of hydrogen-bond donors (Lipinski definition) is 1. The molecule has 3 aromatic rings. The highest BCUT2D eigenvalue weighted by molar-refractivity contribution is 5.95. The van der Waals surface area contributed by atoms with Gasteiger partial charge in [0.2, 0.25) is 0 Å². The molecule has 0 aliphatic rings. The number of nitrogens with zero attached hydrogens (tertiary/aromatic N) is 4. The van der Waals surface area contributed by atoms with E-state index in [9.17, 15) is 4.79 Å². The van der Waals surface area contributed by atoms with Crippen molar-refractivity contribution >= 4 is 11.6 Å². The Kier molecular flexibility index (Phi) is 5.31. The third-order valence-corrected chi connectivity index (χ3v) is 4.17. The van der Waals surface area contributed by atoms with Crippen molar-refractivity contribution in [1.82, 2.24) is 20.1 Å². The molecule has 6 heteroatoms. The summed E-state index contributed by atoms with van der Waals surface area (Å²) in [6.45, 7) is 3.14. The van der Waals surface area contributed by atoms with Crippen LogP contribution in [0.5, 0.6) is 0 Å². The third kappa shape index (κ3) is 4.08. The number of amides is 1. The Labute approximate surface area is 153 Å². The van der Waals surface area contributed by atoms with Crippen LogP contribution in [0, 0.1) is 6.92 Å². The van der Waals surface area contributed by atoms with E-state index in [-0.39, 0.29) is 5.91 Å². The Hall–Kier alpha value is -3.15. The Morgan fingerprint density at radius 3 is 2.77 bits per heavy atom. The van der Waals surface area contributed by atoms with Crippen LogP contribution in [0.1, 0.15) is 16.1 Å². The quantitative estimate of drug-likeness (QED) is 0.743. The van der Waals surface area contributed by atoms with E-state index in [1.54, 1.807) is 12.4 Å². The fourth-order valence-corrected chi connectivity index (χ4v) is 2.69. The molecule has 0 spiro atoms. The monoisotopic (exact) mass is 349 g/mol. The summed E-state index contributed by atoms with van der Waals surface area (Å²) in [5.41, 5.74) is 4.58. The third-order valence-electron chi connectivity index (χ3n) is 4.17. The van der Waals surface area contributed by atoms with Gasteiger partial charge in [0.05, 0.1) is 12.2 Å². The first kappa shape index (κ1) is 17.7. The van der Waals surface area contributed by atoms with Gasteiger partial charge in [-0.25, -0.2) is 0 Å². The maximum Gasteiger partial charge on any atom is 0.251 e. The molecule has 2 aromatic heterocycles. The number of carbonyl (C=O) groups is 1. The predicted octanol–water partition coefficient (Wildman–Crippen LogP) is 2.75. The summed E-state index contributed by atoms with van der Waals surface area (Å²) >= 11 is 0. The van der Waals surface area contributed by atoms with Crippen molar-refractivity contribution in [1.29, 1.82) is 0 Å². The Morgan fingerprint density at radius 2 is 2.04 bits per heavy atom. The normalized spacial score (nSPS) is 10.6. The zero-order chi connectivity index (χ0) is 18.5. The first-order valence-electron chi connectivity index (χ1n) is 8.55. The second kappa shape index (κ2) is 7.82. The van der Waals surface area contributed by atoms with Crippen molar-refractivity contribution in [2.24, 2.45) is 0 Å². The SMILES string of the molecule is Cc1cc(-c2cccnc2)nn1CCNC(=O)c1cccc(N(C)C)c1. The van der Waals surface area contributed by atoms with Crippen LogP contribution in [-0.2, 0) is 6.54 Å². The number of nitrogens with one attached hydrogen (secondary N) is 1. The minimum atomic E-state index is -0.0778. The van der Waals surface area contributed by atoms with E-state index in [0.717, 1.165) is 22.6 Å². The number of aromatic nitrogens is 3. The lowest BCUT2D eigenvalue weighted by Crippen LogP contribution is -2.28. The fourth-order valence-electron chi connectivity index (χ4n) is 2.69. The number of aryl methyl sites for hydroxylation is 1. The van der Waals surface area contributed by atoms with Crippen LogP contribution in [-0.4, -0.2) is 41.3 Å². The van der Waals surface area contributed by atoms with E-state index in [4.69, 9.17) is 0 Å². The Morgan fingerprint density at radius 1 is 1.19 bits per heavy atom. The van der Waals surface area contributed by atoms with Gasteiger partial charge in [0.25, 0.3) is 5.91 Å². The maximum atomic E-state index is 12.4. The fraction of sp³-hybridized carbons (Fsp3) is 0.250. The lowest BCUT2D eigenvalue weighted by atomic mass is 10.2. The van der Waals surface area contributed by atoms with Crippen LogP contribution >= 0.6 is 0 Å². The maximum absolute atomic E-state index is 12.4. The number of rotatable bonds is 6. The molecular weight excluding hydrogens is 326 g/mol. The largest absolute Gasteiger partial charge is 0.378 e. The summed E-state index contributed by atoms with van der Waals surface area (Å²) < 4.78 is 1.90. The molecule has 1 N–H and O–H groups in total. The van der Waals surface area contributed by atoms with Gasteiger partial charge in [-0.2, -0.15) is 5.10 Å². The highest BCUT2D eigenvalue weighted by Crippen LogP contribution is 2.17. The first-order chi connectivity index (χ1) is 12.5. The van der Waals surface area contributed by atoms with Gasteiger partial charge < -0.3 is 10.2 Å². The Bertz CT molecular complexity index is 886. The van der Waals surface area contributed by atoms with Gasteiger partial charge in [-0.1, -0.05) is 6.07 Å². The summed E-state index contributed by atoms with van der Waals surface area (Å²) in [6, 6.07) is 13.5. The number of hydrogen-bond acceptors (Lipinski definition) is 4. The van der Waals surface area contributed by atoms with Gasteiger partial charge in [0.15, 0.2) is 0 Å². The van der Waals surface area contributed by atoms with Crippen molar-refractivity contribution in [2.45, 2.75) is 13.5 Å². The van der Waals surface area contributed by atoms with Crippen LogP contribution in [0.3, 0.4) is 0 Å². The van der Waals surface area contributed by atoms with E-state index in [1.807, 2.05) is 73.1 Å². The summed E-state index contributed by atoms with van der Waals surface area (Å²) in [6.07, 6.45) is 3.54. The van der Waals surface area contributed by atoms with Crippen LogP contribution in [0.15, 0.2) is 54.9 Å². The van der Waals surface area contributed by atoms with E-state index < -0.39 is 0 Å². The molecule has 1 amide bonds. The molecule has 6 nitrogen and oxygen atoms in total. The smallest absolute Gasteiger partial charge is 0.251 e. The number of benzene rings is 1. The van der Waals surface area contributed by atoms with Gasteiger partial charge in [-0.3, -0.25) is 14.5 Å². The van der Waals surface area contributed by atoms with Crippen LogP contribution in [0.4, 0.5) is 5.69 Å². The summed E-state index contributed by atoms with van der Waals surface area (Å²) in [4.78, 5) is 18.5. The van der Waals surface area contributed by atoms with Crippen molar-refractivity contribution in [3.8, 4) is 11.3 Å². The lowest BCUT2D eigenvalue weighted by molar-refractivity contribution is 0.0952. The van der Waals surface area contributed by atoms with Gasteiger partial charge in [0, 0.05) is 55.5 Å². The molecule has 0 aliphatic heterocycles. The topological polar surface area (TPSA) is 63.1 Å². The van der Waals surface area contributed by atoms with E-state index in [2.05, 4.69) is 15.4 Å². The molecule has 0 saturated carbocycles. The molecule has 3 rings (SSSR count). The number of anilines is 1. The van der Waals surface area contributed by atoms with E-state index in [1.165, 1.54) is 0 Å². The summed E-state index contributed by atoms with van der Waals surface area (Å²) in [5.74, 6) is -0.0778. The molecule has 0 saturated heterocycles. The molecule has 1 aromatic carbocycles. The van der Waals surface area contributed by atoms with Crippen molar-refractivity contribution in [3.05, 3.63) is 66.1 Å². The zero-order valence-electron chi connectivity index (χ0n) is 15.3. The van der Waals surface area contributed by atoms with Gasteiger partial charge in [-0.05, 0) is 43.3 Å². The van der Waals surface area contributed by atoms with Crippen molar-refractivity contribution < 1.29 is 4.79 Å². The Balaban J connectivity index is 1.61. The van der Waals surface area contributed by atoms with Gasteiger partial charge in [0.1, 0.15) is 0 Å². The highest BCUT2D eigenvalue weighted by Gasteiger charge is 2.09. The zero-order valence-corrected chi connectivity index (χ0v) is 15.3. The molecule has 0 aliphatic carbocycles. The minimum absolute atomic E-state index is 0.0778. The van der Waals surface area contributed by atoms with Gasteiger partial charge >= 0.3 is 0 Å². The first-order valence-corrected chi connectivity index (χ1v) is 8.55. The lowest BCUT2D eigenvalue weighted by Gasteiger charge is -2.13. The molecule has 0 fully saturated rings. The minimum Gasteiger partial charge on any atom is -0.378 e. The molecule has 0 bridgehead atoms. The molecule has 0 unspecified atom stereocenters. The summed E-state index contributed by atoms with van der Waals surface area (Å²) in [7, 11) is 3.91. The number of carbonyl (C=O) groups excluding carboxylic acids is 1. The molecule has 0 atom stereocenters. The van der Waals surface area contributed by atoms with Crippen LogP contribution in [0.25, 0.3) is 11.3 Å². The molecular formula is C20H23N5O. The highest BCUT2D eigenvalue weighted by atomic mass is 16.1. The second-order valence-corrected chi connectivity index (χ2v) is 6.34. The standard InChI is InChI=1S/C20H23N5O/c1-15-12-19(17-7-5-9-21-14-17)23-25(15)11-10-22-20(26)16-6-4-8-18(13-16)24(2)3/h4-9,12-14H,10-11H2,1-3H3,(H,22,26). The van der Waals surface area contributed by atoms with E-state index in [0.29, 0.717) is 18.7 Å². The van der Waals surface area contributed by atoms with Crippen LogP contribution in [0.2, 0.25) is 0 Å². The number of pyridine rings is 1. The van der Waals surface area contributed by atoms with Crippen LogP contribution < -0.4 is 10.2 Å². The average molecular weight is 349 g/mol. The molecule has 2 heterocycles. The average Bonchev–Trinajstić information content (AvgIpc) is 3.03. The van der Waals surface area contributed by atoms with Gasteiger partial charge in [-0.15, -0.1) is 0 Å².